The first kappa shape index (κ1) is 16.5. The van der Waals surface area contributed by atoms with Crippen molar-refractivity contribution in [3.8, 4) is 0 Å². The Morgan fingerprint density at radius 1 is 1.52 bits per heavy atom. The van der Waals surface area contributed by atoms with E-state index in [0.29, 0.717) is 5.92 Å². The Bertz CT molecular complexity index is 413. The zero-order valence-electron chi connectivity index (χ0n) is 12.9. The number of thiophene rings is 1. The summed E-state index contributed by atoms with van der Waals surface area (Å²) in [5, 5.41) is 5.15. The maximum Gasteiger partial charge on any atom is 0.236 e. The monoisotopic (exact) mass is 309 g/mol. The van der Waals surface area contributed by atoms with Crippen LogP contribution in [-0.2, 0) is 11.3 Å². The van der Waals surface area contributed by atoms with Crippen LogP contribution in [0.1, 0.15) is 37.5 Å². The predicted molar refractivity (Wildman–Crippen MR) is 88.2 cm³/mol. The normalized spacial score (nSPS) is 18.6. The number of piperidine rings is 1. The lowest BCUT2D eigenvalue weighted by Crippen LogP contribution is -2.44. The van der Waals surface area contributed by atoms with Crippen LogP contribution < -0.4 is 11.1 Å². The van der Waals surface area contributed by atoms with Crippen LogP contribution in [0, 0.1) is 5.92 Å². The maximum absolute atomic E-state index is 11.8. The predicted octanol–water partition coefficient (Wildman–Crippen LogP) is 2.20. The minimum Gasteiger partial charge on any atom is -0.354 e. The number of likely N-dealkylation sites (tertiary alicyclic amines) is 1. The lowest BCUT2D eigenvalue weighted by molar-refractivity contribution is -0.122. The van der Waals surface area contributed by atoms with Crippen molar-refractivity contribution in [1.82, 2.24) is 10.2 Å². The Morgan fingerprint density at radius 3 is 2.90 bits per heavy atom. The highest BCUT2D eigenvalue weighted by atomic mass is 32.1. The smallest absolute Gasteiger partial charge is 0.236 e. The summed E-state index contributed by atoms with van der Waals surface area (Å²) in [6.45, 7) is 6.15. The van der Waals surface area contributed by atoms with Crippen LogP contribution >= 0.6 is 11.3 Å². The van der Waals surface area contributed by atoms with Gasteiger partial charge in [-0.15, -0.1) is 11.3 Å². The summed E-state index contributed by atoms with van der Waals surface area (Å²) in [5.41, 5.74) is 5.82. The first-order chi connectivity index (χ1) is 10.2. The molecule has 0 saturated carbocycles. The SMILES string of the molecule is CCCC(N)C(=O)NCC1CCN(Cc2cccs2)CC1. The fourth-order valence-electron chi connectivity index (χ4n) is 2.79. The molecule has 1 aliphatic heterocycles. The number of rotatable bonds is 7. The molecule has 1 fully saturated rings. The van der Waals surface area contributed by atoms with E-state index in [2.05, 4.69) is 34.7 Å². The van der Waals surface area contributed by atoms with Crippen LogP contribution in [0.3, 0.4) is 0 Å². The lowest BCUT2D eigenvalue weighted by atomic mass is 9.96. The molecule has 2 heterocycles. The number of carbonyl (C=O) groups is 1. The number of nitrogens with one attached hydrogen (secondary N) is 1. The molecule has 0 radical (unpaired) electrons. The van der Waals surface area contributed by atoms with E-state index in [0.717, 1.165) is 51.9 Å². The second-order valence-corrected chi connectivity index (χ2v) is 6.97. The van der Waals surface area contributed by atoms with E-state index in [-0.39, 0.29) is 11.9 Å². The van der Waals surface area contributed by atoms with Gasteiger partial charge >= 0.3 is 0 Å². The molecular formula is C16H27N3OS. The second-order valence-electron chi connectivity index (χ2n) is 5.94. The summed E-state index contributed by atoms with van der Waals surface area (Å²) in [7, 11) is 0. The summed E-state index contributed by atoms with van der Waals surface area (Å²) in [6, 6.07) is 3.97. The number of nitrogens with two attached hydrogens (primary N) is 1. The lowest BCUT2D eigenvalue weighted by Gasteiger charge is -2.31. The van der Waals surface area contributed by atoms with Crippen molar-refractivity contribution >= 4 is 17.2 Å². The molecule has 1 amide bonds. The quantitative estimate of drug-likeness (QED) is 0.812. The Labute approximate surface area is 131 Å². The highest BCUT2D eigenvalue weighted by Crippen LogP contribution is 2.20. The molecule has 1 aromatic rings. The van der Waals surface area contributed by atoms with Crippen LogP contribution in [0.5, 0.6) is 0 Å². The van der Waals surface area contributed by atoms with Gasteiger partial charge in [-0.25, -0.2) is 0 Å². The van der Waals surface area contributed by atoms with Crippen molar-refractivity contribution in [1.29, 1.82) is 0 Å². The zero-order valence-corrected chi connectivity index (χ0v) is 13.7. The Hall–Kier alpha value is -0.910. The van der Waals surface area contributed by atoms with Crippen molar-refractivity contribution in [2.24, 2.45) is 11.7 Å². The second kappa shape index (κ2) is 8.51. The number of carbonyl (C=O) groups excluding carboxylic acids is 1. The van der Waals surface area contributed by atoms with Gasteiger partial charge in [0.25, 0.3) is 0 Å². The number of amides is 1. The molecule has 1 unspecified atom stereocenters. The van der Waals surface area contributed by atoms with Crippen molar-refractivity contribution < 1.29 is 4.79 Å². The number of hydrogen-bond donors (Lipinski definition) is 2. The third-order valence-electron chi connectivity index (χ3n) is 4.17. The van der Waals surface area contributed by atoms with Crippen molar-refractivity contribution in [3.63, 3.8) is 0 Å². The summed E-state index contributed by atoms with van der Waals surface area (Å²) in [6.07, 6.45) is 4.05. The Balaban J connectivity index is 1.64. The molecule has 0 aliphatic carbocycles. The van der Waals surface area contributed by atoms with Crippen molar-refractivity contribution in [2.45, 2.75) is 45.2 Å². The van der Waals surface area contributed by atoms with Gasteiger partial charge in [0.05, 0.1) is 6.04 Å². The van der Waals surface area contributed by atoms with E-state index in [1.807, 2.05) is 11.3 Å². The fraction of sp³-hybridized carbons (Fsp3) is 0.688. The Morgan fingerprint density at radius 2 is 2.29 bits per heavy atom. The molecule has 0 aromatic carbocycles. The van der Waals surface area contributed by atoms with Gasteiger partial charge in [-0.3, -0.25) is 9.69 Å². The molecule has 0 spiro atoms. The number of nitrogens with zero attached hydrogens (tertiary/aromatic N) is 1. The molecular weight excluding hydrogens is 282 g/mol. The average Bonchev–Trinajstić information content (AvgIpc) is 2.99. The topological polar surface area (TPSA) is 58.4 Å². The molecule has 4 nitrogen and oxygen atoms in total. The van der Waals surface area contributed by atoms with E-state index in [4.69, 9.17) is 5.73 Å². The Kier molecular flexibility index (Phi) is 6.67. The molecule has 1 atom stereocenters. The summed E-state index contributed by atoms with van der Waals surface area (Å²) < 4.78 is 0. The van der Waals surface area contributed by atoms with Crippen LogP contribution in [0.15, 0.2) is 17.5 Å². The van der Waals surface area contributed by atoms with Crippen LogP contribution in [0.2, 0.25) is 0 Å². The third kappa shape index (κ3) is 5.41. The molecule has 21 heavy (non-hydrogen) atoms. The average molecular weight is 309 g/mol. The summed E-state index contributed by atoms with van der Waals surface area (Å²) in [5.74, 6) is 0.611. The minimum atomic E-state index is -0.339. The van der Waals surface area contributed by atoms with E-state index < -0.39 is 0 Å². The molecule has 5 heteroatoms. The van der Waals surface area contributed by atoms with Gasteiger partial charge in [0.2, 0.25) is 5.91 Å². The van der Waals surface area contributed by atoms with Gasteiger partial charge in [0, 0.05) is 18.0 Å². The van der Waals surface area contributed by atoms with Gasteiger partial charge in [-0.05, 0) is 49.7 Å². The third-order valence-corrected chi connectivity index (χ3v) is 5.03. The molecule has 1 aromatic heterocycles. The van der Waals surface area contributed by atoms with Crippen molar-refractivity contribution in [3.05, 3.63) is 22.4 Å². The van der Waals surface area contributed by atoms with E-state index >= 15 is 0 Å². The highest BCUT2D eigenvalue weighted by Gasteiger charge is 2.21. The first-order valence-corrected chi connectivity index (χ1v) is 8.85. The van der Waals surface area contributed by atoms with Crippen molar-refractivity contribution in [2.75, 3.05) is 19.6 Å². The van der Waals surface area contributed by atoms with E-state index in [1.165, 1.54) is 4.88 Å². The highest BCUT2D eigenvalue weighted by molar-refractivity contribution is 7.09. The van der Waals surface area contributed by atoms with Crippen LogP contribution in [0.25, 0.3) is 0 Å². The standard InChI is InChI=1S/C16H27N3OS/c1-2-4-15(17)16(20)18-11-13-6-8-19(9-7-13)12-14-5-3-10-21-14/h3,5,10,13,15H,2,4,6-9,11-12,17H2,1H3,(H,18,20). The first-order valence-electron chi connectivity index (χ1n) is 7.97. The molecule has 2 rings (SSSR count). The van der Waals surface area contributed by atoms with E-state index in [9.17, 15) is 4.79 Å². The van der Waals surface area contributed by atoms with Crippen LogP contribution in [0.4, 0.5) is 0 Å². The zero-order chi connectivity index (χ0) is 15.1. The van der Waals surface area contributed by atoms with Gasteiger partial charge in [-0.2, -0.15) is 0 Å². The van der Waals surface area contributed by atoms with Gasteiger partial charge in [-0.1, -0.05) is 19.4 Å². The largest absolute Gasteiger partial charge is 0.354 e. The number of hydrogen-bond acceptors (Lipinski definition) is 4. The van der Waals surface area contributed by atoms with Crippen LogP contribution in [-0.4, -0.2) is 36.5 Å². The van der Waals surface area contributed by atoms with Gasteiger partial charge in [0.15, 0.2) is 0 Å². The molecule has 118 valence electrons. The van der Waals surface area contributed by atoms with Gasteiger partial charge < -0.3 is 11.1 Å². The molecule has 1 saturated heterocycles. The maximum atomic E-state index is 11.8. The fourth-order valence-corrected chi connectivity index (χ4v) is 3.54. The molecule has 1 aliphatic rings. The molecule has 0 bridgehead atoms. The summed E-state index contributed by atoms with van der Waals surface area (Å²) in [4.78, 5) is 15.8. The summed E-state index contributed by atoms with van der Waals surface area (Å²) >= 11 is 1.83. The van der Waals surface area contributed by atoms with Gasteiger partial charge in [0.1, 0.15) is 0 Å². The van der Waals surface area contributed by atoms with E-state index in [1.54, 1.807) is 0 Å². The minimum absolute atomic E-state index is 0.0119. The molecule has 3 N–H and O–H groups in total.